The minimum atomic E-state index is -0.428. The number of nitrogens with one attached hydrogen (secondary N) is 2. The van der Waals surface area contributed by atoms with Gasteiger partial charge in [-0.25, -0.2) is 4.39 Å². The van der Waals surface area contributed by atoms with E-state index in [-0.39, 0.29) is 17.0 Å². The second-order valence-corrected chi connectivity index (χ2v) is 11.4. The molecule has 4 aromatic rings. The van der Waals surface area contributed by atoms with Crippen molar-refractivity contribution in [1.82, 2.24) is 10.2 Å². The molecule has 0 bridgehead atoms. The van der Waals surface area contributed by atoms with E-state index >= 15 is 0 Å². The van der Waals surface area contributed by atoms with Crippen LogP contribution in [0.2, 0.25) is 5.02 Å². The van der Waals surface area contributed by atoms with Crippen LogP contribution in [0.5, 0.6) is 5.75 Å². The molecular formula is C31H31ClFN3O3S. The Balaban J connectivity index is 1.52. The molecule has 40 heavy (non-hydrogen) atoms. The van der Waals surface area contributed by atoms with Crippen LogP contribution < -0.4 is 15.4 Å². The van der Waals surface area contributed by atoms with Gasteiger partial charge in [-0.15, -0.1) is 11.3 Å². The Morgan fingerprint density at radius 3 is 2.48 bits per heavy atom. The quantitative estimate of drug-likeness (QED) is 0.207. The van der Waals surface area contributed by atoms with Crippen molar-refractivity contribution in [2.75, 3.05) is 19.5 Å². The molecule has 0 aliphatic heterocycles. The lowest BCUT2D eigenvalue weighted by atomic mass is 9.89. The van der Waals surface area contributed by atoms with Gasteiger partial charge < -0.3 is 20.3 Å². The maximum atomic E-state index is 14.6. The van der Waals surface area contributed by atoms with Gasteiger partial charge >= 0.3 is 0 Å². The summed E-state index contributed by atoms with van der Waals surface area (Å²) in [4.78, 5) is 27.2. The van der Waals surface area contributed by atoms with Gasteiger partial charge in [0.05, 0.1) is 12.1 Å². The van der Waals surface area contributed by atoms with Crippen LogP contribution in [0.4, 0.5) is 10.1 Å². The Morgan fingerprint density at radius 1 is 1.10 bits per heavy atom. The number of hydrogen-bond donors (Lipinski definition) is 2. The third-order valence-electron chi connectivity index (χ3n) is 7.67. The fourth-order valence-corrected chi connectivity index (χ4v) is 6.98. The summed E-state index contributed by atoms with van der Waals surface area (Å²) in [7, 11) is 3.59. The number of nitrogens with zero attached hydrogens (tertiary/aromatic N) is 1. The molecular weight excluding hydrogens is 549 g/mol. The van der Waals surface area contributed by atoms with Gasteiger partial charge in [0, 0.05) is 40.0 Å². The lowest BCUT2D eigenvalue weighted by Gasteiger charge is -2.37. The molecule has 0 atom stereocenters. The van der Waals surface area contributed by atoms with E-state index in [1.807, 2.05) is 54.4 Å². The molecule has 0 unspecified atom stereocenters. The van der Waals surface area contributed by atoms with Gasteiger partial charge in [0.2, 0.25) is 6.41 Å². The van der Waals surface area contributed by atoms with E-state index in [4.69, 9.17) is 16.3 Å². The van der Waals surface area contributed by atoms with Gasteiger partial charge in [0.25, 0.3) is 5.91 Å². The zero-order valence-corrected chi connectivity index (χ0v) is 23.9. The summed E-state index contributed by atoms with van der Waals surface area (Å²) in [6.45, 7) is 0.322. The topological polar surface area (TPSA) is 70.7 Å². The van der Waals surface area contributed by atoms with Crippen molar-refractivity contribution in [1.29, 1.82) is 0 Å². The summed E-state index contributed by atoms with van der Waals surface area (Å²) < 4.78 is 21.0. The average Bonchev–Trinajstić information content (AvgIpc) is 3.33. The average molecular weight is 580 g/mol. The smallest absolute Gasteiger partial charge is 0.266 e. The largest absolute Gasteiger partial charge is 0.496 e. The molecule has 1 aromatic heterocycles. The fourth-order valence-electron chi connectivity index (χ4n) is 5.47. The maximum Gasteiger partial charge on any atom is 0.266 e. The third kappa shape index (κ3) is 5.70. The van der Waals surface area contributed by atoms with E-state index in [2.05, 4.69) is 10.6 Å². The van der Waals surface area contributed by atoms with E-state index < -0.39 is 5.82 Å². The summed E-state index contributed by atoms with van der Waals surface area (Å²) in [5.41, 5.74) is 3.50. The number of benzene rings is 3. The Labute approximate surface area is 242 Å². The van der Waals surface area contributed by atoms with Crippen LogP contribution in [0, 0.1) is 5.82 Å². The first-order valence-corrected chi connectivity index (χ1v) is 14.4. The summed E-state index contributed by atoms with van der Waals surface area (Å²) in [6.07, 6.45) is 4.26. The molecule has 1 saturated carbocycles. The van der Waals surface area contributed by atoms with Crippen molar-refractivity contribution >= 4 is 51.0 Å². The van der Waals surface area contributed by atoms with Crippen molar-refractivity contribution in [2.45, 2.75) is 44.3 Å². The van der Waals surface area contributed by atoms with Gasteiger partial charge in [-0.3, -0.25) is 9.59 Å². The molecule has 3 aromatic carbocycles. The predicted octanol–water partition coefficient (Wildman–Crippen LogP) is 7.11. The van der Waals surface area contributed by atoms with Crippen LogP contribution in [0.3, 0.4) is 0 Å². The first kappa shape index (κ1) is 28.1. The van der Waals surface area contributed by atoms with Crippen molar-refractivity contribution < 1.29 is 18.7 Å². The van der Waals surface area contributed by atoms with Gasteiger partial charge in [-0.05, 0) is 80.3 Å². The highest BCUT2D eigenvalue weighted by atomic mass is 35.5. The molecule has 1 fully saturated rings. The van der Waals surface area contributed by atoms with Gasteiger partial charge in [0.15, 0.2) is 0 Å². The number of thiophene rings is 1. The molecule has 208 valence electrons. The lowest BCUT2D eigenvalue weighted by Crippen LogP contribution is -2.44. The number of fused-ring (bicyclic) bond motifs is 1. The Bertz CT molecular complexity index is 1520. The molecule has 6 nitrogen and oxygen atoms in total. The van der Waals surface area contributed by atoms with Crippen molar-refractivity contribution in [3.8, 4) is 16.9 Å². The van der Waals surface area contributed by atoms with Crippen LogP contribution in [-0.2, 0) is 11.3 Å². The molecule has 1 aliphatic carbocycles. The van der Waals surface area contributed by atoms with Crippen LogP contribution in [-0.4, -0.2) is 43.5 Å². The standard InChI is InChI=1S/C31H31ClFN3O3S/c1-34-22-11-13-24(14-12-22)36(31(38)30-29(32)28-25(33)4-3-5-27(28)40-30)17-21-16-20(8-15-26(21)39-2)19-6-9-23(10-7-19)35-18-37/h3-10,15-16,18,22,24,34H,11-14,17H2,1-2H3,(H,35,37). The van der Waals surface area contributed by atoms with E-state index in [1.54, 1.807) is 19.2 Å². The highest BCUT2D eigenvalue weighted by molar-refractivity contribution is 7.21. The SMILES string of the molecule is CNC1CCC(N(Cc2cc(-c3ccc(NC=O)cc3)ccc2OC)C(=O)c2sc3cccc(F)c3c2Cl)CC1. The van der Waals surface area contributed by atoms with Crippen LogP contribution in [0.25, 0.3) is 21.2 Å². The summed E-state index contributed by atoms with van der Waals surface area (Å²) in [5, 5.41) is 6.47. The number of halogens is 2. The Morgan fingerprint density at radius 2 is 1.82 bits per heavy atom. The first-order chi connectivity index (χ1) is 19.4. The number of hydrogen-bond acceptors (Lipinski definition) is 5. The predicted molar refractivity (Wildman–Crippen MR) is 160 cm³/mol. The highest BCUT2D eigenvalue weighted by Gasteiger charge is 2.32. The van der Waals surface area contributed by atoms with Crippen molar-refractivity contribution in [2.24, 2.45) is 0 Å². The van der Waals surface area contributed by atoms with E-state index in [9.17, 15) is 14.0 Å². The van der Waals surface area contributed by atoms with E-state index in [0.717, 1.165) is 42.4 Å². The minimum absolute atomic E-state index is 0.00490. The number of ether oxygens (including phenoxy) is 1. The molecule has 1 heterocycles. The number of rotatable bonds is 9. The molecule has 0 radical (unpaired) electrons. The maximum absolute atomic E-state index is 14.6. The number of carbonyl (C=O) groups excluding carboxylic acids is 2. The van der Waals surface area contributed by atoms with Crippen molar-refractivity contribution in [3.05, 3.63) is 81.9 Å². The molecule has 2 N–H and O–H groups in total. The number of carbonyl (C=O) groups is 2. The summed E-state index contributed by atoms with van der Waals surface area (Å²) >= 11 is 7.88. The second kappa shape index (κ2) is 12.4. The zero-order chi connectivity index (χ0) is 28.2. The van der Waals surface area contributed by atoms with Crippen LogP contribution >= 0.6 is 22.9 Å². The normalized spacial score (nSPS) is 17.0. The Hall–Kier alpha value is -3.46. The molecule has 9 heteroatoms. The highest BCUT2D eigenvalue weighted by Crippen LogP contribution is 2.39. The van der Waals surface area contributed by atoms with Crippen molar-refractivity contribution in [3.63, 3.8) is 0 Å². The molecule has 1 aliphatic rings. The van der Waals surface area contributed by atoms with Crippen LogP contribution in [0.1, 0.15) is 40.9 Å². The van der Waals surface area contributed by atoms with Gasteiger partial charge in [-0.1, -0.05) is 35.9 Å². The zero-order valence-electron chi connectivity index (χ0n) is 22.4. The lowest BCUT2D eigenvalue weighted by molar-refractivity contribution is -0.105. The summed E-state index contributed by atoms with van der Waals surface area (Å²) in [5.74, 6) is 0.0519. The van der Waals surface area contributed by atoms with Gasteiger partial charge in [0.1, 0.15) is 16.4 Å². The number of methoxy groups -OCH3 is 1. The van der Waals surface area contributed by atoms with Crippen LogP contribution in [0.15, 0.2) is 60.7 Å². The van der Waals surface area contributed by atoms with Gasteiger partial charge in [-0.2, -0.15) is 0 Å². The number of anilines is 1. The Kier molecular flexibility index (Phi) is 8.69. The second-order valence-electron chi connectivity index (χ2n) is 9.95. The fraction of sp³-hybridized carbons (Fsp3) is 0.290. The van der Waals surface area contributed by atoms with E-state index in [1.165, 1.54) is 17.4 Å². The molecule has 5 rings (SSSR count). The first-order valence-electron chi connectivity index (χ1n) is 13.3. The minimum Gasteiger partial charge on any atom is -0.496 e. The number of amides is 2. The third-order valence-corrected chi connectivity index (χ3v) is 9.30. The molecule has 0 spiro atoms. The summed E-state index contributed by atoms with van der Waals surface area (Å²) in [6, 6.07) is 18.7. The molecule has 2 amide bonds. The monoisotopic (exact) mass is 579 g/mol. The molecule has 0 saturated heterocycles. The van der Waals surface area contributed by atoms with E-state index in [0.29, 0.717) is 45.4 Å².